The van der Waals surface area contributed by atoms with E-state index in [9.17, 15) is 29.3 Å². The van der Waals surface area contributed by atoms with Gasteiger partial charge in [0.05, 0.1) is 48.9 Å². The topological polar surface area (TPSA) is 262 Å². The van der Waals surface area contributed by atoms with Gasteiger partial charge in [-0.1, -0.05) is 6.42 Å². The molecule has 1 unspecified atom stereocenters. The van der Waals surface area contributed by atoms with Crippen LogP contribution in [0.5, 0.6) is 0 Å². The second-order valence-corrected chi connectivity index (χ2v) is 10.7. The molecule has 24 heteroatoms. The van der Waals surface area contributed by atoms with E-state index in [1.807, 2.05) is 0 Å². The van der Waals surface area contributed by atoms with E-state index in [1.165, 1.54) is 38.5 Å². The normalized spacial score (nSPS) is 13.8. The van der Waals surface area contributed by atoms with Gasteiger partial charge in [-0.2, -0.15) is 0 Å². The predicted molar refractivity (Wildman–Crippen MR) is 166 cm³/mol. The first kappa shape index (κ1) is 45.6. The van der Waals surface area contributed by atoms with Crippen molar-refractivity contribution in [2.45, 2.75) is 32.1 Å². The fraction of sp³-hybridized carbons (Fsp3) is 0.533. The highest BCUT2D eigenvalue weighted by Gasteiger charge is 2.36. The third kappa shape index (κ3) is 19.5. The van der Waals surface area contributed by atoms with Gasteiger partial charge in [-0.05, 0) is 45.1 Å². The second kappa shape index (κ2) is 28.0. The fourth-order valence-electron chi connectivity index (χ4n) is 4.23. The summed E-state index contributed by atoms with van der Waals surface area (Å²) >= 11 is 0. The molecular formula is C30H40N2O22. The van der Waals surface area contributed by atoms with Crippen LogP contribution in [0.4, 0.5) is 5.69 Å². The van der Waals surface area contributed by atoms with E-state index < -0.39 is 16.3 Å². The third-order valence-corrected chi connectivity index (χ3v) is 6.75. The Morgan fingerprint density at radius 1 is 0.759 bits per heavy atom. The molecule has 0 radical (unpaired) electrons. The van der Waals surface area contributed by atoms with Crippen molar-refractivity contribution < 1.29 is 103 Å². The van der Waals surface area contributed by atoms with Crippen molar-refractivity contribution in [3.8, 4) is 0 Å². The molecule has 1 aliphatic heterocycles. The van der Waals surface area contributed by atoms with Crippen LogP contribution >= 0.6 is 0 Å². The Hall–Kier alpha value is -4.54. The van der Waals surface area contributed by atoms with Crippen molar-refractivity contribution >= 4 is 29.3 Å². The lowest BCUT2D eigenvalue weighted by molar-refractivity contribution is -0.853. The predicted octanol–water partition coefficient (Wildman–Crippen LogP) is 2.31. The molecule has 302 valence electrons. The molecule has 0 bridgehead atoms. The summed E-state index contributed by atoms with van der Waals surface area (Å²) in [6.07, 6.45) is 5.66. The van der Waals surface area contributed by atoms with Crippen LogP contribution in [-0.4, -0.2) is 100 Å². The van der Waals surface area contributed by atoms with Gasteiger partial charge in [0.2, 0.25) is 0 Å². The minimum Gasteiger partial charge on any atom is -0.497 e. The summed E-state index contributed by atoms with van der Waals surface area (Å²) in [7, 11) is 2.91. The SMILES string of the molecule is COCCOCC(CO/C=C\OOOOOOOOOOOCCOC)(COC(=O)c1ccc([N+](=O)[O-])cc1)CC(=O)CCCCCN1C(=O)C=CC1=O. The van der Waals surface area contributed by atoms with Crippen LogP contribution in [0.2, 0.25) is 0 Å². The van der Waals surface area contributed by atoms with E-state index in [4.69, 9.17) is 18.9 Å². The molecule has 1 aromatic rings. The van der Waals surface area contributed by atoms with E-state index >= 15 is 0 Å². The number of hydrogen-bond donors (Lipinski definition) is 0. The maximum Gasteiger partial charge on any atom is 0.338 e. The van der Waals surface area contributed by atoms with Crippen molar-refractivity contribution in [1.29, 1.82) is 0 Å². The third-order valence-electron chi connectivity index (χ3n) is 6.75. The molecule has 24 nitrogen and oxygen atoms in total. The number of benzene rings is 1. The number of carbonyl (C=O) groups excluding carboxylic acids is 4. The summed E-state index contributed by atoms with van der Waals surface area (Å²) < 4.78 is 26.5. The number of carbonyl (C=O) groups is 4. The number of non-ortho nitro benzene ring substituents is 1. The lowest BCUT2D eigenvalue weighted by atomic mass is 9.84. The summed E-state index contributed by atoms with van der Waals surface area (Å²) in [5.74, 6) is -1.82. The van der Waals surface area contributed by atoms with E-state index in [1.54, 1.807) is 0 Å². The molecule has 2 amide bonds. The number of rotatable bonds is 34. The number of hydrogen-bond acceptors (Lipinski definition) is 22. The molecule has 1 aromatic carbocycles. The first-order valence-electron chi connectivity index (χ1n) is 15.8. The number of imide groups is 1. The maximum atomic E-state index is 13.2. The molecule has 0 aromatic heterocycles. The van der Waals surface area contributed by atoms with Crippen LogP contribution in [0.25, 0.3) is 0 Å². The molecule has 1 aliphatic rings. The van der Waals surface area contributed by atoms with Crippen LogP contribution < -0.4 is 0 Å². The number of ether oxygens (including phenoxy) is 5. The molecule has 0 saturated carbocycles. The van der Waals surface area contributed by atoms with Crippen molar-refractivity contribution in [1.82, 2.24) is 4.90 Å². The smallest absolute Gasteiger partial charge is 0.338 e. The molecule has 0 fully saturated rings. The number of Topliss-reactive ketones (excluding diaryl/α,β-unsaturated/α-hetero) is 1. The number of unbranched alkanes of at least 4 members (excludes halogenated alkanes) is 2. The Labute approximate surface area is 306 Å². The monoisotopic (exact) mass is 780 g/mol. The van der Waals surface area contributed by atoms with Crippen LogP contribution in [-0.2, 0) is 93.2 Å². The largest absolute Gasteiger partial charge is 0.497 e. The van der Waals surface area contributed by atoms with Crippen molar-refractivity contribution in [3.63, 3.8) is 0 Å². The highest BCUT2D eigenvalue weighted by atomic mass is 17.9. The summed E-state index contributed by atoms with van der Waals surface area (Å²) in [4.78, 5) is 70.1. The van der Waals surface area contributed by atoms with Crippen LogP contribution in [0, 0.1) is 15.5 Å². The lowest BCUT2D eigenvalue weighted by Crippen LogP contribution is -2.40. The van der Waals surface area contributed by atoms with Gasteiger partial charge in [0.25, 0.3) is 17.5 Å². The molecule has 1 atom stereocenters. The number of nitro benzene ring substituents is 1. The molecule has 0 spiro atoms. The van der Waals surface area contributed by atoms with Crippen LogP contribution in [0.1, 0.15) is 42.5 Å². The lowest BCUT2D eigenvalue weighted by Gasteiger charge is -2.32. The van der Waals surface area contributed by atoms with E-state index in [0.29, 0.717) is 19.3 Å². The van der Waals surface area contributed by atoms with Crippen LogP contribution in [0.15, 0.2) is 48.9 Å². The van der Waals surface area contributed by atoms with Gasteiger partial charge in [-0.3, -0.25) is 29.4 Å². The Balaban J connectivity index is 1.91. The molecule has 0 saturated heterocycles. The van der Waals surface area contributed by atoms with Gasteiger partial charge in [-0.25, -0.2) is 9.68 Å². The number of nitro groups is 1. The average Bonchev–Trinajstić information content (AvgIpc) is 3.49. The van der Waals surface area contributed by atoms with Gasteiger partial charge in [0, 0.05) is 83.1 Å². The Kier molecular flexibility index (Phi) is 23.6. The molecular weight excluding hydrogens is 740 g/mol. The summed E-state index contributed by atoms with van der Waals surface area (Å²) in [6.45, 7) is 0.0303. The number of ketones is 1. The highest BCUT2D eigenvalue weighted by Crippen LogP contribution is 2.27. The van der Waals surface area contributed by atoms with Gasteiger partial charge in [0.1, 0.15) is 25.3 Å². The summed E-state index contributed by atoms with van der Waals surface area (Å²) in [5.41, 5.74) is -1.46. The first-order valence-corrected chi connectivity index (χ1v) is 15.8. The number of amides is 2. The molecule has 2 rings (SSSR count). The van der Waals surface area contributed by atoms with E-state index in [0.717, 1.165) is 29.6 Å². The Morgan fingerprint density at radius 3 is 2.04 bits per heavy atom. The minimum atomic E-state index is -1.26. The molecule has 0 aliphatic carbocycles. The van der Waals surface area contributed by atoms with Gasteiger partial charge < -0.3 is 28.6 Å². The fourth-order valence-corrected chi connectivity index (χ4v) is 4.23. The zero-order valence-electron chi connectivity index (χ0n) is 29.2. The van der Waals surface area contributed by atoms with Crippen molar-refractivity contribution in [2.75, 3.05) is 67.0 Å². The number of nitrogens with zero attached hydrogens (tertiary/aromatic N) is 2. The van der Waals surface area contributed by atoms with E-state index in [2.05, 4.69) is 59.9 Å². The number of methoxy groups -OCH3 is 2. The average molecular weight is 781 g/mol. The maximum absolute atomic E-state index is 13.2. The number of esters is 1. The van der Waals surface area contributed by atoms with Gasteiger partial charge in [0.15, 0.2) is 6.26 Å². The minimum absolute atomic E-state index is 0.0203. The molecule has 1 heterocycles. The Bertz CT molecular complexity index is 1310. The Morgan fingerprint density at radius 2 is 1.39 bits per heavy atom. The first-order chi connectivity index (χ1) is 26.2. The van der Waals surface area contributed by atoms with E-state index in [-0.39, 0.29) is 94.5 Å². The van der Waals surface area contributed by atoms with Gasteiger partial charge >= 0.3 is 5.97 Å². The van der Waals surface area contributed by atoms with Crippen molar-refractivity contribution in [2.24, 2.45) is 5.41 Å². The summed E-state index contributed by atoms with van der Waals surface area (Å²) in [6, 6.07) is 4.75. The summed E-state index contributed by atoms with van der Waals surface area (Å²) in [5, 5.41) is 46.1. The molecule has 0 N–H and O–H groups in total. The quantitative estimate of drug-likeness (QED) is 0.0185. The van der Waals surface area contributed by atoms with Crippen LogP contribution in [0.3, 0.4) is 0 Å². The highest BCUT2D eigenvalue weighted by molar-refractivity contribution is 6.12. The zero-order chi connectivity index (χ0) is 39.3. The standard InChI is InChI=1S/C30H40N2O22/c1-39-14-16-41-21-30(23-43-29(36)24-7-9-25(10-8-24)32(37)38,20-26(33)6-4-3-5-13-31-27(34)11-12-28(31)35)22-42-17-19-45-47-49-51-53-54-52-50-48-46-44-18-15-40-2/h7-12,17,19H,3-6,13-16,18,20-23H2,1-2H3/b19-17-. The molecule has 54 heavy (non-hydrogen) atoms. The van der Waals surface area contributed by atoms with Gasteiger partial charge in [-0.15, -0.1) is 0 Å². The zero-order valence-corrected chi connectivity index (χ0v) is 29.2. The second-order valence-electron chi connectivity index (χ2n) is 10.7. The van der Waals surface area contributed by atoms with Crippen molar-refractivity contribution in [3.05, 3.63) is 64.6 Å².